The van der Waals surface area contributed by atoms with Gasteiger partial charge in [0.25, 0.3) is 0 Å². The molecule has 2 aromatic carbocycles. The van der Waals surface area contributed by atoms with Crippen molar-refractivity contribution in [1.82, 2.24) is 36.1 Å². The molecule has 0 saturated carbocycles. The number of carbonyl (C=O) groups is 6. The monoisotopic (exact) mass is 937 g/mol. The van der Waals surface area contributed by atoms with Gasteiger partial charge in [-0.05, 0) is 80.2 Å². The van der Waals surface area contributed by atoms with Crippen LogP contribution in [0, 0.1) is 0 Å². The second-order valence-electron chi connectivity index (χ2n) is 16.8. The number of nitrogens with zero attached hydrogens (tertiary/aromatic N) is 3. The Hall–Kier alpha value is -7.42. The second-order valence-corrected chi connectivity index (χ2v) is 17.8. The van der Waals surface area contributed by atoms with E-state index in [1.807, 2.05) is 66.0 Å². The first kappa shape index (κ1) is 49.0. The maximum Gasteiger partial charge on any atom is 0.326 e. The van der Waals surface area contributed by atoms with Gasteiger partial charge in [0.05, 0.1) is 6.42 Å². The van der Waals surface area contributed by atoms with Gasteiger partial charge in [0, 0.05) is 71.6 Å². The van der Waals surface area contributed by atoms with E-state index in [0.717, 1.165) is 32.2 Å². The van der Waals surface area contributed by atoms with Crippen molar-refractivity contribution in [3.8, 4) is 0 Å². The summed E-state index contributed by atoms with van der Waals surface area (Å²) in [4.78, 5) is 100. The van der Waals surface area contributed by atoms with Crippen molar-refractivity contribution >= 4 is 80.6 Å². The van der Waals surface area contributed by atoms with E-state index in [2.05, 4.69) is 41.2 Å². The lowest BCUT2D eigenvalue weighted by Gasteiger charge is -2.34. The Bertz CT molecular complexity index is 2600. The van der Waals surface area contributed by atoms with Crippen molar-refractivity contribution in [2.24, 2.45) is 32.9 Å². The molecule has 1 fully saturated rings. The predicted molar refractivity (Wildman–Crippen MR) is 257 cm³/mol. The fraction of sp³-hybridized carbons (Fsp3) is 0.391. The Morgan fingerprint density at radius 1 is 0.806 bits per heavy atom. The molecule has 21 heteroatoms. The Balaban J connectivity index is 1.29. The highest BCUT2D eigenvalue weighted by atomic mass is 32.1. The zero-order valence-corrected chi connectivity index (χ0v) is 38.1. The van der Waals surface area contributed by atoms with Gasteiger partial charge in [-0.3, -0.25) is 34.0 Å². The van der Waals surface area contributed by atoms with Gasteiger partial charge in [-0.2, -0.15) is 0 Å². The molecular weight excluding hydrogens is 879 g/mol. The molecule has 0 spiro atoms. The Kier molecular flexibility index (Phi) is 16.6. The summed E-state index contributed by atoms with van der Waals surface area (Å²) in [6.45, 7) is 2.00. The minimum absolute atomic E-state index is 0.0314. The third-order valence-electron chi connectivity index (χ3n) is 11.7. The minimum Gasteiger partial charge on any atom is -0.480 e. The summed E-state index contributed by atoms with van der Waals surface area (Å²) >= 11 is 1.42. The molecule has 1 aliphatic heterocycles. The Labute approximate surface area is 390 Å². The van der Waals surface area contributed by atoms with Crippen LogP contribution in [0.4, 0.5) is 0 Å². The van der Waals surface area contributed by atoms with Crippen molar-refractivity contribution in [2.45, 2.75) is 94.4 Å². The number of carboxylic acid groups (broad SMARTS) is 1. The normalized spacial score (nSPS) is 15.7. The summed E-state index contributed by atoms with van der Waals surface area (Å²) in [5, 5.41) is 24.8. The molecule has 3 aromatic heterocycles. The number of thiophene rings is 1. The number of guanidine groups is 2. The highest BCUT2D eigenvalue weighted by Gasteiger charge is 2.43. The van der Waals surface area contributed by atoms with Crippen molar-refractivity contribution in [3.05, 3.63) is 94.4 Å². The van der Waals surface area contributed by atoms with Crippen molar-refractivity contribution in [1.29, 1.82) is 0 Å². The third kappa shape index (κ3) is 13.1. The number of aromatic amines is 2. The number of aliphatic carboxylic acids is 1. The van der Waals surface area contributed by atoms with E-state index in [9.17, 15) is 29.1 Å². The molecule has 5 amide bonds. The lowest BCUT2D eigenvalue weighted by atomic mass is 9.90. The van der Waals surface area contributed by atoms with E-state index < -0.39 is 59.3 Å². The number of aliphatic imine (C=N–C) groups is 2. The number of likely N-dealkylation sites (tertiary alicyclic amines) is 1. The summed E-state index contributed by atoms with van der Waals surface area (Å²) in [5.74, 6) is -4.56. The van der Waals surface area contributed by atoms with Crippen LogP contribution in [0.25, 0.3) is 21.8 Å². The average Bonchev–Trinajstić information content (AvgIpc) is 4.14. The maximum atomic E-state index is 15.1. The SMILES string of the molecule is C[C@@](Cc1c[nH]c2ccccc12)(NC(=O)[C@H](Cc1c[nH]c2ccccc12)NC(=O)Cc1cccs1)C(=O)N[C@@H](CCCN=C(N)N)C(=O)N1CCC[C@H]1C(=O)N[C@@H](CCCN=C(N)N)C(=O)O. The maximum absolute atomic E-state index is 15.1. The molecule has 0 aliphatic carbocycles. The van der Waals surface area contributed by atoms with Crippen LogP contribution in [0.15, 0.2) is 88.4 Å². The Morgan fingerprint density at radius 2 is 1.42 bits per heavy atom. The van der Waals surface area contributed by atoms with Crippen LogP contribution >= 0.6 is 11.3 Å². The van der Waals surface area contributed by atoms with Crippen LogP contribution in [0.5, 0.6) is 0 Å². The van der Waals surface area contributed by atoms with Gasteiger partial charge in [-0.1, -0.05) is 42.5 Å². The van der Waals surface area contributed by atoms with Gasteiger partial charge < -0.3 is 64.2 Å². The smallest absolute Gasteiger partial charge is 0.326 e. The van der Waals surface area contributed by atoms with Gasteiger partial charge in [-0.25, -0.2) is 4.79 Å². The first-order valence-corrected chi connectivity index (χ1v) is 23.0. The molecule has 20 nitrogen and oxygen atoms in total. The summed E-state index contributed by atoms with van der Waals surface area (Å²) < 4.78 is 0. The molecule has 0 bridgehead atoms. The number of carboxylic acids is 1. The number of carbonyl (C=O) groups excluding carboxylic acids is 5. The van der Waals surface area contributed by atoms with Gasteiger partial charge >= 0.3 is 5.97 Å². The number of H-pyrrole nitrogens is 2. The molecule has 356 valence electrons. The fourth-order valence-corrected chi connectivity index (χ4v) is 9.06. The standard InChI is InChI=1S/C46H59N13O7S/c1-46(24-28-26-54-33-14-5-3-12-31(28)33,58-39(61)36(55-38(60)23-29-10-9-21-67-29)22-27-25-53-32-13-4-2-11-30(27)32)43(66)57-34(15-6-18-51-44(47)48)41(63)59-20-8-17-37(59)40(62)56-35(42(64)65)16-7-19-52-45(49)50/h2-5,9-14,21,25-26,34-37,53-54H,6-8,15-20,22-24H2,1H3,(H,55,60)(H,56,62)(H,57,66)(H,58,61)(H,64,65)(H4,47,48,51)(H4,49,50,52)/t34-,35-,36-,37-,46-/m0/s1. The number of aromatic nitrogens is 2. The minimum atomic E-state index is -1.74. The number of amides is 5. The van der Waals surface area contributed by atoms with Crippen LogP contribution in [-0.2, 0) is 48.0 Å². The van der Waals surface area contributed by atoms with E-state index in [4.69, 9.17) is 22.9 Å². The zero-order valence-electron chi connectivity index (χ0n) is 37.3. The van der Waals surface area contributed by atoms with Crippen LogP contribution in [0.3, 0.4) is 0 Å². The first-order chi connectivity index (χ1) is 32.1. The summed E-state index contributed by atoms with van der Waals surface area (Å²) in [6, 6.07) is 14.1. The van der Waals surface area contributed by atoms with E-state index in [1.165, 1.54) is 16.2 Å². The van der Waals surface area contributed by atoms with Crippen LogP contribution in [0.2, 0.25) is 0 Å². The number of hydrogen-bond donors (Lipinski definition) is 11. The Morgan fingerprint density at radius 3 is 2.03 bits per heavy atom. The van der Waals surface area contributed by atoms with Crippen LogP contribution < -0.4 is 44.2 Å². The van der Waals surface area contributed by atoms with Crippen molar-refractivity contribution in [3.63, 3.8) is 0 Å². The van der Waals surface area contributed by atoms with Crippen molar-refractivity contribution in [2.75, 3.05) is 19.6 Å². The topological polar surface area (TPSA) is 334 Å². The number of nitrogens with one attached hydrogen (secondary N) is 6. The van der Waals surface area contributed by atoms with Gasteiger partial charge in [0.1, 0.15) is 29.7 Å². The molecule has 15 N–H and O–H groups in total. The molecule has 5 atom stereocenters. The summed E-state index contributed by atoms with van der Waals surface area (Å²) in [5.41, 5.74) is 23.3. The number of rotatable bonds is 23. The zero-order chi connectivity index (χ0) is 48.1. The van der Waals surface area contributed by atoms with Crippen LogP contribution in [-0.4, -0.2) is 117 Å². The molecule has 1 aliphatic rings. The molecular formula is C46H59N13O7S. The van der Waals surface area contributed by atoms with E-state index in [0.29, 0.717) is 12.0 Å². The molecule has 67 heavy (non-hydrogen) atoms. The highest BCUT2D eigenvalue weighted by Crippen LogP contribution is 2.26. The highest BCUT2D eigenvalue weighted by molar-refractivity contribution is 7.10. The second kappa shape index (κ2) is 22.7. The average molecular weight is 938 g/mol. The first-order valence-electron chi connectivity index (χ1n) is 22.1. The van der Waals surface area contributed by atoms with E-state index >= 15 is 4.79 Å². The lowest BCUT2D eigenvalue weighted by molar-refractivity contribution is -0.145. The summed E-state index contributed by atoms with van der Waals surface area (Å²) in [6.07, 6.45) is 4.88. The number of benzene rings is 2. The third-order valence-corrected chi connectivity index (χ3v) is 12.6. The molecule has 0 radical (unpaired) electrons. The number of hydrogen-bond acceptors (Lipinski definition) is 9. The van der Waals surface area contributed by atoms with Gasteiger partial charge in [0.15, 0.2) is 11.9 Å². The molecule has 6 rings (SSSR count). The lowest BCUT2D eigenvalue weighted by Crippen LogP contribution is -2.64. The molecule has 4 heterocycles. The fourth-order valence-electron chi connectivity index (χ4n) is 8.36. The number of fused-ring (bicyclic) bond motifs is 2. The quantitative estimate of drug-likeness (QED) is 0.0252. The number of para-hydroxylation sites is 2. The summed E-state index contributed by atoms with van der Waals surface area (Å²) in [7, 11) is 0. The predicted octanol–water partition coefficient (Wildman–Crippen LogP) is 1.25. The van der Waals surface area contributed by atoms with Crippen LogP contribution in [0.1, 0.15) is 61.5 Å². The van der Waals surface area contributed by atoms with E-state index in [1.54, 1.807) is 19.3 Å². The number of nitrogens with two attached hydrogens (primary N) is 4. The molecule has 0 unspecified atom stereocenters. The van der Waals surface area contributed by atoms with Gasteiger partial charge in [-0.15, -0.1) is 11.3 Å². The van der Waals surface area contributed by atoms with Crippen molar-refractivity contribution < 1.29 is 33.9 Å². The molecule has 5 aromatic rings. The molecule has 1 saturated heterocycles. The largest absolute Gasteiger partial charge is 0.480 e. The van der Waals surface area contributed by atoms with Gasteiger partial charge in [0.2, 0.25) is 29.5 Å². The van der Waals surface area contributed by atoms with E-state index in [-0.39, 0.29) is 88.8 Å².